The molecule has 2 N–H and O–H groups in total. The predicted octanol–water partition coefficient (Wildman–Crippen LogP) is 3.17. The zero-order valence-electron chi connectivity index (χ0n) is 8.62. The topological polar surface area (TPSA) is 26.0 Å². The van der Waals surface area contributed by atoms with Gasteiger partial charge >= 0.3 is 0 Å². The van der Waals surface area contributed by atoms with E-state index in [0.29, 0.717) is 0 Å². The maximum absolute atomic E-state index is 5.91. The molecule has 1 nitrogen and oxygen atoms in total. The van der Waals surface area contributed by atoms with E-state index >= 15 is 0 Å². The maximum atomic E-state index is 5.91. The van der Waals surface area contributed by atoms with Gasteiger partial charge in [0.05, 0.1) is 0 Å². The Morgan fingerprint density at radius 3 is 2.21 bits per heavy atom. The van der Waals surface area contributed by atoms with Gasteiger partial charge in [-0.3, -0.25) is 0 Å². The zero-order valence-corrected chi connectivity index (χ0v) is 8.62. The summed E-state index contributed by atoms with van der Waals surface area (Å²) >= 11 is 0. The summed E-state index contributed by atoms with van der Waals surface area (Å²) in [7, 11) is 0. The predicted molar refractivity (Wildman–Crippen MR) is 61.3 cm³/mol. The minimum Gasteiger partial charge on any atom is -0.324 e. The summed E-state index contributed by atoms with van der Waals surface area (Å²) < 4.78 is 0. The van der Waals surface area contributed by atoms with Crippen molar-refractivity contribution < 1.29 is 0 Å². The first-order valence-electron chi connectivity index (χ1n) is 4.93. The van der Waals surface area contributed by atoms with Gasteiger partial charge in [-0.1, -0.05) is 30.3 Å². The first-order chi connectivity index (χ1) is 6.68. The lowest BCUT2D eigenvalue weighted by Crippen LogP contribution is -2.06. The van der Waals surface area contributed by atoms with E-state index in [-0.39, 0.29) is 6.04 Å². The van der Waals surface area contributed by atoms with E-state index in [1.807, 2.05) is 6.92 Å². The fourth-order valence-corrected chi connectivity index (χ4v) is 1.86. The van der Waals surface area contributed by atoms with Crippen LogP contribution in [0.5, 0.6) is 0 Å². The van der Waals surface area contributed by atoms with Crippen LogP contribution < -0.4 is 5.73 Å². The van der Waals surface area contributed by atoms with Crippen molar-refractivity contribution >= 4 is 10.8 Å². The van der Waals surface area contributed by atoms with E-state index in [1.165, 1.54) is 21.9 Å². The molecular formula is C13H15N. The molecule has 0 saturated carbocycles. The van der Waals surface area contributed by atoms with Gasteiger partial charge in [0.2, 0.25) is 0 Å². The summed E-state index contributed by atoms with van der Waals surface area (Å²) in [5.74, 6) is 0. The number of hydrogen-bond donors (Lipinski definition) is 1. The van der Waals surface area contributed by atoms with Gasteiger partial charge in [-0.15, -0.1) is 0 Å². The van der Waals surface area contributed by atoms with E-state index in [0.717, 1.165) is 0 Å². The van der Waals surface area contributed by atoms with Crippen LogP contribution in [0.4, 0.5) is 0 Å². The third kappa shape index (κ3) is 1.51. The SMILES string of the molecule is Cc1cc2ccccc2cc1C(C)N. The largest absolute Gasteiger partial charge is 0.324 e. The number of fused-ring (bicyclic) bond motifs is 1. The Hall–Kier alpha value is -1.34. The van der Waals surface area contributed by atoms with Crippen LogP contribution in [0.25, 0.3) is 10.8 Å². The molecule has 14 heavy (non-hydrogen) atoms. The summed E-state index contributed by atoms with van der Waals surface area (Å²) in [6.07, 6.45) is 0. The molecule has 0 aromatic heterocycles. The fourth-order valence-electron chi connectivity index (χ4n) is 1.86. The normalized spacial score (nSPS) is 13.1. The molecule has 0 amide bonds. The summed E-state index contributed by atoms with van der Waals surface area (Å²) in [6.45, 7) is 4.14. The van der Waals surface area contributed by atoms with Crippen molar-refractivity contribution in [3.63, 3.8) is 0 Å². The van der Waals surface area contributed by atoms with Gasteiger partial charge in [-0.25, -0.2) is 0 Å². The minimum atomic E-state index is 0.111. The molecule has 0 fully saturated rings. The highest BCUT2D eigenvalue weighted by Gasteiger charge is 2.04. The number of rotatable bonds is 1. The second kappa shape index (κ2) is 3.43. The Morgan fingerprint density at radius 1 is 1.07 bits per heavy atom. The number of benzene rings is 2. The minimum absolute atomic E-state index is 0.111. The van der Waals surface area contributed by atoms with Crippen molar-refractivity contribution in [3.8, 4) is 0 Å². The van der Waals surface area contributed by atoms with Crippen molar-refractivity contribution in [1.29, 1.82) is 0 Å². The van der Waals surface area contributed by atoms with Crippen LogP contribution in [0.2, 0.25) is 0 Å². The van der Waals surface area contributed by atoms with Gasteiger partial charge < -0.3 is 5.73 Å². The third-order valence-electron chi connectivity index (χ3n) is 2.62. The van der Waals surface area contributed by atoms with Gasteiger partial charge in [-0.05, 0) is 41.8 Å². The third-order valence-corrected chi connectivity index (χ3v) is 2.62. The van der Waals surface area contributed by atoms with Crippen LogP contribution in [0.1, 0.15) is 24.1 Å². The maximum Gasteiger partial charge on any atom is 0.0268 e. The molecule has 0 aliphatic rings. The summed E-state index contributed by atoms with van der Waals surface area (Å²) in [5.41, 5.74) is 8.42. The van der Waals surface area contributed by atoms with E-state index < -0.39 is 0 Å². The van der Waals surface area contributed by atoms with Crippen molar-refractivity contribution in [1.82, 2.24) is 0 Å². The van der Waals surface area contributed by atoms with Crippen molar-refractivity contribution in [2.45, 2.75) is 19.9 Å². The molecule has 0 bridgehead atoms. The standard InChI is InChI=1S/C13H15N/c1-9-7-11-5-3-4-6-12(11)8-13(9)10(2)14/h3-8,10H,14H2,1-2H3. The number of nitrogens with two attached hydrogens (primary N) is 1. The molecule has 0 radical (unpaired) electrons. The first-order valence-corrected chi connectivity index (χ1v) is 4.93. The zero-order chi connectivity index (χ0) is 10.1. The quantitative estimate of drug-likeness (QED) is 0.725. The highest BCUT2D eigenvalue weighted by atomic mass is 14.6. The van der Waals surface area contributed by atoms with E-state index in [1.54, 1.807) is 0 Å². The average Bonchev–Trinajstić information content (AvgIpc) is 2.16. The monoisotopic (exact) mass is 185 g/mol. The summed E-state index contributed by atoms with van der Waals surface area (Å²) in [5, 5.41) is 2.56. The molecule has 1 atom stereocenters. The lowest BCUT2D eigenvalue weighted by molar-refractivity contribution is 0.812. The Labute approximate surface area is 84.5 Å². The second-order valence-corrected chi connectivity index (χ2v) is 3.84. The molecule has 0 saturated heterocycles. The van der Waals surface area contributed by atoms with Gasteiger partial charge in [0.1, 0.15) is 0 Å². The van der Waals surface area contributed by atoms with E-state index in [2.05, 4.69) is 43.3 Å². The van der Waals surface area contributed by atoms with Gasteiger partial charge in [0.15, 0.2) is 0 Å². The molecule has 72 valence electrons. The smallest absolute Gasteiger partial charge is 0.0268 e. The first kappa shape index (κ1) is 9.22. The summed E-state index contributed by atoms with van der Waals surface area (Å²) in [4.78, 5) is 0. The van der Waals surface area contributed by atoms with Gasteiger partial charge in [0, 0.05) is 6.04 Å². The number of hydrogen-bond acceptors (Lipinski definition) is 1. The van der Waals surface area contributed by atoms with Gasteiger partial charge in [-0.2, -0.15) is 0 Å². The average molecular weight is 185 g/mol. The van der Waals surface area contributed by atoms with Crippen LogP contribution in [0.3, 0.4) is 0 Å². The molecule has 2 aromatic carbocycles. The highest BCUT2D eigenvalue weighted by Crippen LogP contribution is 2.22. The molecule has 1 heteroatoms. The Balaban J connectivity index is 2.71. The fraction of sp³-hybridized carbons (Fsp3) is 0.231. The molecule has 1 unspecified atom stereocenters. The van der Waals surface area contributed by atoms with E-state index in [9.17, 15) is 0 Å². The van der Waals surface area contributed by atoms with Crippen LogP contribution in [-0.4, -0.2) is 0 Å². The molecule has 0 heterocycles. The molecular weight excluding hydrogens is 170 g/mol. The van der Waals surface area contributed by atoms with Crippen molar-refractivity contribution in [2.75, 3.05) is 0 Å². The van der Waals surface area contributed by atoms with Crippen LogP contribution in [0, 0.1) is 6.92 Å². The highest BCUT2D eigenvalue weighted by molar-refractivity contribution is 5.84. The van der Waals surface area contributed by atoms with Gasteiger partial charge in [0.25, 0.3) is 0 Å². The molecule has 2 aromatic rings. The Kier molecular flexibility index (Phi) is 2.26. The van der Waals surface area contributed by atoms with Crippen LogP contribution >= 0.6 is 0 Å². The van der Waals surface area contributed by atoms with Crippen LogP contribution in [0.15, 0.2) is 36.4 Å². The van der Waals surface area contributed by atoms with Crippen LogP contribution in [-0.2, 0) is 0 Å². The molecule has 0 aliphatic heterocycles. The van der Waals surface area contributed by atoms with E-state index in [4.69, 9.17) is 5.73 Å². The molecule has 2 rings (SSSR count). The lowest BCUT2D eigenvalue weighted by atomic mass is 9.98. The Morgan fingerprint density at radius 2 is 1.64 bits per heavy atom. The summed E-state index contributed by atoms with van der Waals surface area (Å²) in [6, 6.07) is 12.9. The Bertz CT molecular complexity index is 458. The second-order valence-electron chi connectivity index (χ2n) is 3.84. The molecule has 0 spiro atoms. The lowest BCUT2D eigenvalue weighted by Gasteiger charge is -2.11. The van der Waals surface area contributed by atoms with Crippen molar-refractivity contribution in [3.05, 3.63) is 47.5 Å². The number of aryl methyl sites for hydroxylation is 1. The molecule has 0 aliphatic carbocycles. The van der Waals surface area contributed by atoms with Crippen molar-refractivity contribution in [2.24, 2.45) is 5.73 Å².